The molecule has 0 aromatic heterocycles. The number of nitrogens with one attached hydrogen (secondary N) is 2. The molecule has 0 fully saturated rings. The summed E-state index contributed by atoms with van der Waals surface area (Å²) in [6.45, 7) is 6.36. The standard InChI is InChI=1S/C28H33N3O4S/c1-6-35-27-17-26(20-8-7-9-21(15-20)28(32)31(4)5)29-25-13-12-23(16-24(25)27)36(33,34)30-22-11-10-18(2)19(3)14-22/h7-16,26-27,29-30H,6,17H2,1-5H3/t26?,27-/m0/s1. The van der Waals surface area contributed by atoms with Crippen molar-refractivity contribution in [3.63, 3.8) is 0 Å². The van der Waals surface area contributed by atoms with Gasteiger partial charge in [0.25, 0.3) is 15.9 Å². The molecule has 2 N–H and O–H groups in total. The zero-order valence-electron chi connectivity index (χ0n) is 21.3. The number of hydrogen-bond acceptors (Lipinski definition) is 5. The average Bonchev–Trinajstić information content (AvgIpc) is 2.85. The van der Waals surface area contributed by atoms with Crippen LogP contribution >= 0.6 is 0 Å². The smallest absolute Gasteiger partial charge is 0.261 e. The van der Waals surface area contributed by atoms with Crippen molar-refractivity contribution in [1.29, 1.82) is 0 Å². The number of anilines is 2. The number of aryl methyl sites for hydroxylation is 2. The number of carbonyl (C=O) groups excluding carboxylic acids is 1. The number of sulfonamides is 1. The zero-order valence-corrected chi connectivity index (χ0v) is 22.1. The molecule has 7 nitrogen and oxygen atoms in total. The van der Waals surface area contributed by atoms with Crippen molar-refractivity contribution in [3.8, 4) is 0 Å². The van der Waals surface area contributed by atoms with Crippen molar-refractivity contribution < 1.29 is 17.9 Å². The molecule has 36 heavy (non-hydrogen) atoms. The number of fused-ring (bicyclic) bond motifs is 1. The molecule has 4 rings (SSSR count). The van der Waals surface area contributed by atoms with Gasteiger partial charge in [0.15, 0.2) is 0 Å². The van der Waals surface area contributed by atoms with E-state index in [1.807, 2.05) is 57.2 Å². The van der Waals surface area contributed by atoms with Gasteiger partial charge >= 0.3 is 0 Å². The summed E-state index contributed by atoms with van der Waals surface area (Å²) in [7, 11) is -0.316. The normalized spacial score (nSPS) is 17.1. The minimum absolute atomic E-state index is 0.0551. The fraction of sp³-hybridized carbons (Fsp3) is 0.321. The molecule has 190 valence electrons. The van der Waals surface area contributed by atoms with Gasteiger partial charge in [-0.3, -0.25) is 9.52 Å². The Morgan fingerprint density at radius 1 is 1.06 bits per heavy atom. The molecule has 1 aliphatic rings. The Morgan fingerprint density at radius 3 is 2.53 bits per heavy atom. The van der Waals surface area contributed by atoms with E-state index in [1.165, 1.54) is 0 Å². The summed E-state index contributed by atoms with van der Waals surface area (Å²) < 4.78 is 35.1. The van der Waals surface area contributed by atoms with Crippen LogP contribution in [0.1, 0.15) is 58.1 Å². The van der Waals surface area contributed by atoms with E-state index < -0.39 is 10.0 Å². The number of rotatable bonds is 7. The SMILES string of the molecule is CCO[C@H]1CC(c2cccc(C(=O)N(C)C)c2)Nc2ccc(S(=O)(=O)Nc3ccc(C)c(C)c3)cc21. The third kappa shape index (κ3) is 5.39. The molecule has 0 aliphatic carbocycles. The van der Waals surface area contributed by atoms with E-state index in [0.717, 1.165) is 27.9 Å². The first-order valence-corrected chi connectivity index (χ1v) is 13.5. The second-order valence-corrected chi connectivity index (χ2v) is 11.0. The van der Waals surface area contributed by atoms with Crippen LogP contribution in [0.3, 0.4) is 0 Å². The Bertz CT molecular complexity index is 1390. The molecule has 0 saturated heterocycles. The molecule has 0 bridgehead atoms. The summed E-state index contributed by atoms with van der Waals surface area (Å²) in [4.78, 5) is 14.2. The van der Waals surface area contributed by atoms with E-state index >= 15 is 0 Å². The van der Waals surface area contributed by atoms with Crippen molar-refractivity contribution >= 4 is 27.3 Å². The van der Waals surface area contributed by atoms with Crippen LogP contribution < -0.4 is 10.0 Å². The predicted octanol–water partition coefficient (Wildman–Crippen LogP) is 5.44. The summed E-state index contributed by atoms with van der Waals surface area (Å²) in [5.41, 5.74) is 5.87. The molecular weight excluding hydrogens is 474 g/mol. The van der Waals surface area contributed by atoms with Crippen molar-refractivity contribution in [3.05, 3.63) is 88.5 Å². The van der Waals surface area contributed by atoms with Gasteiger partial charge in [-0.05, 0) is 79.9 Å². The minimum Gasteiger partial charge on any atom is -0.378 e. The van der Waals surface area contributed by atoms with E-state index in [9.17, 15) is 13.2 Å². The molecule has 2 atom stereocenters. The van der Waals surface area contributed by atoms with Crippen molar-refractivity contribution in [1.82, 2.24) is 4.90 Å². The van der Waals surface area contributed by atoms with Gasteiger partial charge in [0, 0.05) is 49.6 Å². The third-order valence-electron chi connectivity index (χ3n) is 6.53. The van der Waals surface area contributed by atoms with Gasteiger partial charge in [0.2, 0.25) is 0 Å². The number of nitrogens with zero attached hydrogens (tertiary/aromatic N) is 1. The molecule has 1 aliphatic heterocycles. The lowest BCUT2D eigenvalue weighted by molar-refractivity contribution is 0.0497. The molecular formula is C28H33N3O4S. The molecule has 0 spiro atoms. The van der Waals surface area contributed by atoms with E-state index in [1.54, 1.807) is 43.3 Å². The summed E-state index contributed by atoms with van der Waals surface area (Å²) in [5.74, 6) is -0.0551. The third-order valence-corrected chi connectivity index (χ3v) is 7.91. The first-order chi connectivity index (χ1) is 17.1. The Hall–Kier alpha value is -3.36. The monoisotopic (exact) mass is 507 g/mol. The maximum Gasteiger partial charge on any atom is 0.261 e. The van der Waals surface area contributed by atoms with Gasteiger partial charge in [-0.2, -0.15) is 0 Å². The van der Waals surface area contributed by atoms with Gasteiger partial charge in [0.05, 0.1) is 17.0 Å². The summed E-state index contributed by atoms with van der Waals surface area (Å²) in [6.07, 6.45) is 0.315. The van der Waals surface area contributed by atoms with Crippen LogP contribution in [0, 0.1) is 13.8 Å². The molecule has 3 aromatic carbocycles. The lowest BCUT2D eigenvalue weighted by atomic mass is 9.90. The maximum atomic E-state index is 13.2. The van der Waals surface area contributed by atoms with Crippen LogP contribution in [0.5, 0.6) is 0 Å². The number of carbonyl (C=O) groups is 1. The molecule has 3 aromatic rings. The first kappa shape index (κ1) is 25.7. The molecule has 0 radical (unpaired) electrons. The van der Waals surface area contributed by atoms with Crippen LogP contribution in [0.4, 0.5) is 11.4 Å². The average molecular weight is 508 g/mol. The Balaban J connectivity index is 1.64. The van der Waals surface area contributed by atoms with Gasteiger partial charge < -0.3 is 15.0 Å². The Labute approximate surface area is 213 Å². The van der Waals surface area contributed by atoms with Crippen LogP contribution in [-0.2, 0) is 14.8 Å². The number of amides is 1. The number of hydrogen-bond donors (Lipinski definition) is 2. The van der Waals surface area contributed by atoms with E-state index in [4.69, 9.17) is 4.74 Å². The van der Waals surface area contributed by atoms with Crippen LogP contribution in [0.15, 0.2) is 65.6 Å². The second kappa shape index (κ2) is 10.3. The largest absolute Gasteiger partial charge is 0.378 e. The van der Waals surface area contributed by atoms with Gasteiger partial charge in [-0.25, -0.2) is 8.42 Å². The highest BCUT2D eigenvalue weighted by Gasteiger charge is 2.30. The highest BCUT2D eigenvalue weighted by atomic mass is 32.2. The quantitative estimate of drug-likeness (QED) is 0.445. The fourth-order valence-corrected chi connectivity index (χ4v) is 5.52. The second-order valence-electron chi connectivity index (χ2n) is 9.36. The van der Waals surface area contributed by atoms with Gasteiger partial charge in [0.1, 0.15) is 0 Å². The fourth-order valence-electron chi connectivity index (χ4n) is 4.44. The maximum absolute atomic E-state index is 13.2. The van der Waals surface area contributed by atoms with Crippen LogP contribution in [0.2, 0.25) is 0 Å². The lowest BCUT2D eigenvalue weighted by Crippen LogP contribution is -2.25. The van der Waals surface area contributed by atoms with Gasteiger partial charge in [-0.15, -0.1) is 0 Å². The Morgan fingerprint density at radius 2 is 1.83 bits per heavy atom. The molecule has 1 unspecified atom stereocenters. The summed E-state index contributed by atoms with van der Waals surface area (Å²) >= 11 is 0. The van der Waals surface area contributed by atoms with E-state index in [-0.39, 0.29) is 22.9 Å². The number of ether oxygens (including phenoxy) is 1. The molecule has 8 heteroatoms. The van der Waals surface area contributed by atoms with Crippen molar-refractivity contribution in [2.24, 2.45) is 0 Å². The number of benzene rings is 3. The van der Waals surface area contributed by atoms with Crippen molar-refractivity contribution in [2.75, 3.05) is 30.7 Å². The highest BCUT2D eigenvalue weighted by Crippen LogP contribution is 2.42. The highest BCUT2D eigenvalue weighted by molar-refractivity contribution is 7.92. The molecule has 1 amide bonds. The predicted molar refractivity (Wildman–Crippen MR) is 143 cm³/mol. The Kier molecular flexibility index (Phi) is 7.38. The van der Waals surface area contributed by atoms with Crippen molar-refractivity contribution in [2.45, 2.75) is 44.2 Å². The molecule has 1 heterocycles. The van der Waals surface area contributed by atoms with Crippen LogP contribution in [0.25, 0.3) is 0 Å². The first-order valence-electron chi connectivity index (χ1n) is 12.0. The topological polar surface area (TPSA) is 87.7 Å². The summed E-state index contributed by atoms with van der Waals surface area (Å²) in [5, 5.41) is 3.52. The zero-order chi connectivity index (χ0) is 26.0. The molecule has 0 saturated carbocycles. The van der Waals surface area contributed by atoms with Gasteiger partial charge in [-0.1, -0.05) is 18.2 Å². The summed E-state index contributed by atoms with van der Waals surface area (Å²) in [6, 6.07) is 18.1. The van der Waals surface area contributed by atoms with Crippen LogP contribution in [-0.4, -0.2) is 39.9 Å². The minimum atomic E-state index is -3.78. The lowest BCUT2D eigenvalue weighted by Gasteiger charge is -2.34. The van der Waals surface area contributed by atoms with E-state index in [0.29, 0.717) is 24.3 Å². The van der Waals surface area contributed by atoms with E-state index in [2.05, 4.69) is 10.0 Å².